The van der Waals surface area contributed by atoms with Crippen LogP contribution in [0, 0.1) is 0 Å². The molecule has 0 unspecified atom stereocenters. The molecule has 0 atom stereocenters. The number of ether oxygens (including phenoxy) is 4. The average molecular weight is 228 g/mol. The maximum Gasteiger partial charge on any atom is 0.170 e. The van der Waals surface area contributed by atoms with Crippen molar-refractivity contribution >= 4 is 0 Å². The second kappa shape index (κ2) is 5.46. The van der Waals surface area contributed by atoms with Gasteiger partial charge in [-0.1, -0.05) is 0 Å². The van der Waals surface area contributed by atoms with E-state index in [1.807, 2.05) is 0 Å². The van der Waals surface area contributed by atoms with Crippen molar-refractivity contribution in [3.05, 3.63) is 11.6 Å². The molecule has 0 aromatic heterocycles. The van der Waals surface area contributed by atoms with E-state index in [2.05, 4.69) is 0 Å². The highest BCUT2D eigenvalue weighted by Gasteiger charge is 2.20. The van der Waals surface area contributed by atoms with Crippen LogP contribution in [0.25, 0.3) is 0 Å². The van der Waals surface area contributed by atoms with E-state index < -0.39 is 0 Å². The first-order valence-corrected chi connectivity index (χ1v) is 4.70. The molecule has 0 saturated carbocycles. The van der Waals surface area contributed by atoms with Crippen molar-refractivity contribution in [3.8, 4) is 23.0 Å². The second-order valence-electron chi connectivity index (χ2n) is 2.98. The van der Waals surface area contributed by atoms with Crippen molar-refractivity contribution in [1.82, 2.24) is 0 Å². The van der Waals surface area contributed by atoms with Crippen LogP contribution in [0.2, 0.25) is 0 Å². The molecule has 0 spiro atoms. The molecule has 0 heterocycles. The van der Waals surface area contributed by atoms with Crippen molar-refractivity contribution in [2.24, 2.45) is 0 Å². The van der Waals surface area contributed by atoms with E-state index in [0.29, 0.717) is 28.6 Å². The van der Waals surface area contributed by atoms with E-state index in [9.17, 15) is 5.11 Å². The van der Waals surface area contributed by atoms with Crippen LogP contribution < -0.4 is 18.9 Å². The maximum absolute atomic E-state index is 9.33. The third-order valence-electron chi connectivity index (χ3n) is 2.26. The fourth-order valence-corrected chi connectivity index (χ4v) is 1.55. The fraction of sp³-hybridized carbons (Fsp3) is 0.455. The fourth-order valence-electron chi connectivity index (χ4n) is 1.55. The van der Waals surface area contributed by atoms with Crippen LogP contribution in [0.4, 0.5) is 0 Å². The zero-order valence-corrected chi connectivity index (χ0v) is 9.86. The molecule has 1 aromatic rings. The topological polar surface area (TPSA) is 57.2 Å². The first-order valence-electron chi connectivity index (χ1n) is 4.70. The molecule has 0 amide bonds. The first-order chi connectivity index (χ1) is 7.73. The monoisotopic (exact) mass is 228 g/mol. The number of hydrogen-bond donors (Lipinski definition) is 1. The lowest BCUT2D eigenvalue weighted by molar-refractivity contribution is 0.256. The molecule has 0 radical (unpaired) electrons. The molecule has 0 aliphatic carbocycles. The van der Waals surface area contributed by atoms with Gasteiger partial charge in [0.05, 0.1) is 40.6 Å². The van der Waals surface area contributed by atoms with Gasteiger partial charge in [-0.15, -0.1) is 0 Å². The number of aliphatic hydroxyl groups is 1. The van der Waals surface area contributed by atoms with Crippen LogP contribution in [0.1, 0.15) is 5.56 Å². The summed E-state index contributed by atoms with van der Waals surface area (Å²) in [5.41, 5.74) is 0.501. The van der Waals surface area contributed by atoms with Gasteiger partial charge in [-0.3, -0.25) is 0 Å². The highest BCUT2D eigenvalue weighted by atomic mass is 16.5. The lowest BCUT2D eigenvalue weighted by Crippen LogP contribution is -2.02. The van der Waals surface area contributed by atoms with Crippen LogP contribution in [-0.4, -0.2) is 33.5 Å². The normalized spacial score (nSPS) is 9.81. The summed E-state index contributed by atoms with van der Waals surface area (Å²) in [5.74, 6) is 1.87. The van der Waals surface area contributed by atoms with Crippen LogP contribution >= 0.6 is 0 Å². The Morgan fingerprint density at radius 2 is 1.31 bits per heavy atom. The summed E-state index contributed by atoms with van der Waals surface area (Å²) in [6.45, 7) is -0.222. The number of benzene rings is 1. The summed E-state index contributed by atoms with van der Waals surface area (Å²) in [4.78, 5) is 0. The van der Waals surface area contributed by atoms with Crippen LogP contribution in [0.3, 0.4) is 0 Å². The molecule has 1 aromatic carbocycles. The number of hydrogen-bond acceptors (Lipinski definition) is 5. The van der Waals surface area contributed by atoms with E-state index in [0.717, 1.165) is 0 Å². The Kier molecular flexibility index (Phi) is 4.25. The molecule has 0 fully saturated rings. The lowest BCUT2D eigenvalue weighted by atomic mass is 10.1. The zero-order valence-electron chi connectivity index (χ0n) is 9.86. The maximum atomic E-state index is 9.33. The van der Waals surface area contributed by atoms with Crippen molar-refractivity contribution in [2.45, 2.75) is 6.61 Å². The number of aliphatic hydroxyl groups excluding tert-OH is 1. The molecule has 0 saturated heterocycles. The molecule has 0 aliphatic heterocycles. The van der Waals surface area contributed by atoms with Gasteiger partial charge in [0.2, 0.25) is 0 Å². The Labute approximate surface area is 94.5 Å². The van der Waals surface area contributed by atoms with Crippen LogP contribution in [-0.2, 0) is 6.61 Å². The molecule has 5 nitrogen and oxygen atoms in total. The third kappa shape index (κ3) is 1.99. The third-order valence-corrected chi connectivity index (χ3v) is 2.26. The Balaban J connectivity index is 3.47. The van der Waals surface area contributed by atoms with Gasteiger partial charge < -0.3 is 24.1 Å². The first kappa shape index (κ1) is 12.4. The van der Waals surface area contributed by atoms with Gasteiger partial charge in [0.15, 0.2) is 23.0 Å². The second-order valence-corrected chi connectivity index (χ2v) is 2.98. The van der Waals surface area contributed by atoms with Gasteiger partial charge in [-0.05, 0) is 0 Å². The molecule has 1 rings (SSSR count). The van der Waals surface area contributed by atoms with Gasteiger partial charge in [-0.2, -0.15) is 0 Å². The SMILES string of the molecule is COc1cc(OC)c(OC)c(CO)c1OC. The van der Waals surface area contributed by atoms with Crippen LogP contribution in [0.15, 0.2) is 6.07 Å². The Morgan fingerprint density at radius 1 is 0.875 bits per heavy atom. The Hall–Kier alpha value is -1.62. The van der Waals surface area contributed by atoms with Gasteiger partial charge >= 0.3 is 0 Å². The standard InChI is InChI=1S/C11H16O5/c1-13-8-5-9(14-2)11(16-4)7(6-12)10(8)15-3/h5,12H,6H2,1-4H3. The molecular formula is C11H16O5. The quantitative estimate of drug-likeness (QED) is 0.821. The van der Waals surface area contributed by atoms with Crippen molar-refractivity contribution in [3.63, 3.8) is 0 Å². The summed E-state index contributed by atoms with van der Waals surface area (Å²) in [5, 5.41) is 9.33. The summed E-state index contributed by atoms with van der Waals surface area (Å²) >= 11 is 0. The average Bonchev–Trinajstić information content (AvgIpc) is 2.35. The summed E-state index contributed by atoms with van der Waals surface area (Å²) in [7, 11) is 6.04. The highest BCUT2D eigenvalue weighted by Crippen LogP contribution is 2.44. The molecule has 5 heteroatoms. The number of rotatable bonds is 5. The van der Waals surface area contributed by atoms with E-state index in [1.165, 1.54) is 28.4 Å². The predicted octanol–water partition coefficient (Wildman–Crippen LogP) is 1.21. The minimum Gasteiger partial charge on any atom is -0.493 e. The van der Waals surface area contributed by atoms with Crippen molar-refractivity contribution in [2.75, 3.05) is 28.4 Å². The smallest absolute Gasteiger partial charge is 0.170 e. The van der Waals surface area contributed by atoms with Gasteiger partial charge in [0, 0.05) is 6.07 Å². The number of methoxy groups -OCH3 is 4. The molecular weight excluding hydrogens is 212 g/mol. The Bertz CT molecular complexity index is 332. The van der Waals surface area contributed by atoms with Gasteiger partial charge in [0.1, 0.15) is 0 Å². The van der Waals surface area contributed by atoms with E-state index in [4.69, 9.17) is 18.9 Å². The minimum atomic E-state index is -0.222. The molecule has 0 aliphatic rings. The summed E-state index contributed by atoms with van der Waals surface area (Å²) in [6.07, 6.45) is 0. The lowest BCUT2D eigenvalue weighted by Gasteiger charge is -2.17. The van der Waals surface area contributed by atoms with Crippen LogP contribution in [0.5, 0.6) is 23.0 Å². The minimum absolute atomic E-state index is 0.222. The summed E-state index contributed by atoms with van der Waals surface area (Å²) < 4.78 is 20.7. The predicted molar refractivity (Wildman–Crippen MR) is 58.6 cm³/mol. The molecule has 1 N–H and O–H groups in total. The van der Waals surface area contributed by atoms with E-state index in [1.54, 1.807) is 6.07 Å². The van der Waals surface area contributed by atoms with Gasteiger partial charge in [0.25, 0.3) is 0 Å². The molecule has 90 valence electrons. The summed E-state index contributed by atoms with van der Waals surface area (Å²) in [6, 6.07) is 1.65. The zero-order chi connectivity index (χ0) is 12.1. The highest BCUT2D eigenvalue weighted by molar-refractivity contribution is 5.60. The molecule has 16 heavy (non-hydrogen) atoms. The largest absolute Gasteiger partial charge is 0.493 e. The van der Waals surface area contributed by atoms with Gasteiger partial charge in [-0.25, -0.2) is 0 Å². The van der Waals surface area contributed by atoms with Crippen molar-refractivity contribution in [1.29, 1.82) is 0 Å². The van der Waals surface area contributed by atoms with E-state index >= 15 is 0 Å². The van der Waals surface area contributed by atoms with Crippen molar-refractivity contribution < 1.29 is 24.1 Å². The van der Waals surface area contributed by atoms with E-state index in [-0.39, 0.29) is 6.61 Å². The molecule has 0 bridgehead atoms. The Morgan fingerprint density at radius 3 is 1.56 bits per heavy atom.